The average Bonchev–Trinajstić information content (AvgIpc) is 2.82. The van der Waals surface area contributed by atoms with E-state index in [9.17, 15) is 18.0 Å². The molecule has 0 aromatic heterocycles. The Balaban J connectivity index is 1.44. The van der Waals surface area contributed by atoms with Crippen molar-refractivity contribution in [3.05, 3.63) is 48.0 Å². The van der Waals surface area contributed by atoms with Crippen LogP contribution in [0.15, 0.2) is 52.3 Å². The maximum Gasteiger partial charge on any atom is 0.247 e. The van der Waals surface area contributed by atoms with E-state index in [0.717, 1.165) is 18.4 Å². The fourth-order valence-corrected chi connectivity index (χ4v) is 5.91. The van der Waals surface area contributed by atoms with Crippen molar-refractivity contribution in [2.24, 2.45) is 5.92 Å². The topological polar surface area (TPSA) is 105 Å². The summed E-state index contributed by atoms with van der Waals surface area (Å²) in [5, 5.41) is 1.86. The van der Waals surface area contributed by atoms with E-state index < -0.39 is 21.2 Å². The molecule has 1 unspecified atom stereocenters. The first kappa shape index (κ1) is 23.6. The molecule has 10 heteroatoms. The highest BCUT2D eigenvalue weighted by molar-refractivity contribution is 8.01. The van der Waals surface area contributed by atoms with Gasteiger partial charge in [0.05, 0.1) is 17.7 Å². The quantitative estimate of drug-likeness (QED) is 0.605. The van der Waals surface area contributed by atoms with Crippen molar-refractivity contribution in [2.75, 3.05) is 25.5 Å². The summed E-state index contributed by atoms with van der Waals surface area (Å²) in [7, 11) is -2.23. The van der Waals surface area contributed by atoms with Crippen molar-refractivity contribution in [1.29, 1.82) is 0 Å². The highest BCUT2D eigenvalue weighted by Crippen LogP contribution is 2.38. The van der Waals surface area contributed by atoms with Gasteiger partial charge in [-0.15, -0.1) is 11.8 Å². The van der Waals surface area contributed by atoms with Crippen molar-refractivity contribution < 1.29 is 22.7 Å². The standard InChI is InChI=1S/C23H27N3O5S2/c1-15-9-11-26(12-10-15)23(28)21-22(27)25-19-13-18(7-8-20(19)32-21)33(29,30)24-14-16-3-5-17(31-2)6-4-16/h3-8,13,15,21,24H,9-12,14H2,1-2H3,(H,25,27). The summed E-state index contributed by atoms with van der Waals surface area (Å²) < 4.78 is 33.2. The summed E-state index contributed by atoms with van der Waals surface area (Å²) >= 11 is 1.17. The molecule has 8 nitrogen and oxygen atoms in total. The first-order chi connectivity index (χ1) is 15.8. The van der Waals surface area contributed by atoms with Crippen LogP contribution in [0.1, 0.15) is 25.3 Å². The van der Waals surface area contributed by atoms with Gasteiger partial charge in [-0.3, -0.25) is 9.59 Å². The third-order valence-electron chi connectivity index (χ3n) is 5.95. The molecule has 0 saturated carbocycles. The van der Waals surface area contributed by atoms with Crippen LogP contribution in [0.3, 0.4) is 0 Å². The van der Waals surface area contributed by atoms with Crippen molar-refractivity contribution in [3.8, 4) is 5.75 Å². The normalized spacial score (nSPS) is 19.0. The Morgan fingerprint density at radius 2 is 1.88 bits per heavy atom. The van der Waals surface area contributed by atoms with Gasteiger partial charge in [0.15, 0.2) is 5.25 Å². The lowest BCUT2D eigenvalue weighted by atomic mass is 9.99. The van der Waals surface area contributed by atoms with Crippen LogP contribution < -0.4 is 14.8 Å². The number of nitrogens with zero attached hydrogens (tertiary/aromatic N) is 1. The molecule has 1 saturated heterocycles. The Morgan fingerprint density at radius 1 is 1.18 bits per heavy atom. The van der Waals surface area contributed by atoms with Crippen molar-refractivity contribution in [1.82, 2.24) is 9.62 Å². The molecule has 2 aromatic carbocycles. The molecule has 0 radical (unpaired) electrons. The number of ether oxygens (including phenoxy) is 1. The summed E-state index contributed by atoms with van der Waals surface area (Å²) in [6, 6.07) is 11.6. The van der Waals surface area contributed by atoms with Crippen LogP contribution in [0.5, 0.6) is 5.75 Å². The second-order valence-corrected chi connectivity index (χ2v) is 11.2. The number of anilines is 1. The summed E-state index contributed by atoms with van der Waals surface area (Å²) in [5.41, 5.74) is 1.18. The second kappa shape index (κ2) is 9.74. The van der Waals surface area contributed by atoms with E-state index in [0.29, 0.717) is 35.3 Å². The Morgan fingerprint density at radius 3 is 2.55 bits per heavy atom. The number of likely N-dealkylation sites (tertiary alicyclic amines) is 1. The molecule has 2 N–H and O–H groups in total. The zero-order chi connectivity index (χ0) is 23.6. The lowest BCUT2D eigenvalue weighted by molar-refractivity contribution is -0.135. The Hall–Kier alpha value is -2.56. The molecule has 0 spiro atoms. The lowest BCUT2D eigenvalue weighted by Gasteiger charge is -2.33. The van der Waals surface area contributed by atoms with Gasteiger partial charge >= 0.3 is 0 Å². The number of hydrogen-bond donors (Lipinski definition) is 2. The van der Waals surface area contributed by atoms with Crippen LogP contribution in [0, 0.1) is 5.92 Å². The third kappa shape index (κ3) is 5.34. The number of nitrogens with one attached hydrogen (secondary N) is 2. The molecule has 2 aromatic rings. The number of fused-ring (bicyclic) bond motifs is 1. The van der Waals surface area contributed by atoms with Crippen molar-refractivity contribution >= 4 is 39.3 Å². The Bertz CT molecular complexity index is 1140. The van der Waals surface area contributed by atoms with Crippen molar-refractivity contribution in [3.63, 3.8) is 0 Å². The fourth-order valence-electron chi connectivity index (χ4n) is 3.82. The molecule has 0 bridgehead atoms. The number of sulfonamides is 1. The minimum Gasteiger partial charge on any atom is -0.497 e. The fraction of sp³-hybridized carbons (Fsp3) is 0.391. The van der Waals surface area contributed by atoms with E-state index in [1.54, 1.807) is 42.3 Å². The summed E-state index contributed by atoms with van der Waals surface area (Å²) in [4.78, 5) is 28.0. The number of hydrogen-bond acceptors (Lipinski definition) is 6. The molecule has 1 fully saturated rings. The van der Waals surface area contributed by atoms with E-state index in [2.05, 4.69) is 17.0 Å². The van der Waals surface area contributed by atoms with E-state index in [1.807, 2.05) is 0 Å². The van der Waals surface area contributed by atoms with E-state index in [1.165, 1.54) is 23.9 Å². The second-order valence-electron chi connectivity index (χ2n) is 8.33. The molecular formula is C23H27N3O5S2. The molecule has 4 rings (SSSR count). The van der Waals surface area contributed by atoms with Crippen molar-refractivity contribution in [2.45, 2.75) is 41.4 Å². The molecular weight excluding hydrogens is 462 g/mol. The van der Waals surface area contributed by atoms with E-state index in [-0.39, 0.29) is 17.3 Å². The number of carbonyl (C=O) groups is 2. The minimum atomic E-state index is -3.79. The number of thioether (sulfide) groups is 1. The van der Waals surface area contributed by atoms with E-state index in [4.69, 9.17) is 4.74 Å². The number of amides is 2. The van der Waals surface area contributed by atoms with Gasteiger partial charge in [0, 0.05) is 24.5 Å². The third-order valence-corrected chi connectivity index (χ3v) is 8.61. The van der Waals surface area contributed by atoms with Crippen LogP contribution in [0.25, 0.3) is 0 Å². The van der Waals surface area contributed by atoms with Gasteiger partial charge in [0.2, 0.25) is 21.8 Å². The largest absolute Gasteiger partial charge is 0.497 e. The molecule has 2 aliphatic heterocycles. The van der Waals surface area contributed by atoms with Gasteiger partial charge in [-0.2, -0.15) is 0 Å². The molecule has 33 heavy (non-hydrogen) atoms. The first-order valence-corrected chi connectivity index (χ1v) is 13.2. The first-order valence-electron chi connectivity index (χ1n) is 10.8. The van der Waals surface area contributed by atoms with Gasteiger partial charge in [0.1, 0.15) is 5.75 Å². The number of carbonyl (C=O) groups excluding carboxylic acids is 2. The summed E-state index contributed by atoms with van der Waals surface area (Å²) in [6.45, 7) is 3.61. The van der Waals surface area contributed by atoms with Crippen LogP contribution in [-0.2, 0) is 26.2 Å². The lowest BCUT2D eigenvalue weighted by Crippen LogP contribution is -2.47. The van der Waals surface area contributed by atoms with Crippen LogP contribution in [0.4, 0.5) is 5.69 Å². The van der Waals surface area contributed by atoms with Gasteiger partial charge in [0.25, 0.3) is 0 Å². The molecule has 2 heterocycles. The zero-order valence-corrected chi connectivity index (χ0v) is 20.2. The van der Waals surface area contributed by atoms with Crippen LogP contribution >= 0.6 is 11.8 Å². The summed E-state index contributed by atoms with van der Waals surface area (Å²) in [6.07, 6.45) is 1.87. The van der Waals surface area contributed by atoms with Crippen LogP contribution in [0.2, 0.25) is 0 Å². The van der Waals surface area contributed by atoms with Gasteiger partial charge in [-0.25, -0.2) is 13.1 Å². The molecule has 0 aliphatic carbocycles. The maximum absolute atomic E-state index is 12.9. The molecule has 1 atom stereocenters. The molecule has 2 amide bonds. The Labute approximate surface area is 198 Å². The zero-order valence-electron chi connectivity index (χ0n) is 18.5. The van der Waals surface area contributed by atoms with Gasteiger partial charge < -0.3 is 15.0 Å². The maximum atomic E-state index is 12.9. The highest BCUT2D eigenvalue weighted by atomic mass is 32.2. The van der Waals surface area contributed by atoms with Gasteiger partial charge in [-0.1, -0.05) is 19.1 Å². The van der Waals surface area contributed by atoms with Gasteiger partial charge in [-0.05, 0) is 54.7 Å². The van der Waals surface area contributed by atoms with E-state index >= 15 is 0 Å². The number of piperidine rings is 1. The molecule has 176 valence electrons. The predicted molar refractivity (Wildman–Crippen MR) is 127 cm³/mol. The SMILES string of the molecule is COc1ccc(CNS(=O)(=O)c2ccc3c(c2)NC(=O)C(C(=O)N2CCC(C)CC2)S3)cc1. The number of methoxy groups -OCH3 is 1. The smallest absolute Gasteiger partial charge is 0.247 e. The minimum absolute atomic E-state index is 0.0467. The molecule has 2 aliphatic rings. The average molecular weight is 490 g/mol. The Kier molecular flexibility index (Phi) is 6.96. The monoisotopic (exact) mass is 489 g/mol. The summed E-state index contributed by atoms with van der Waals surface area (Å²) in [5.74, 6) is 0.669. The number of rotatable bonds is 6. The highest BCUT2D eigenvalue weighted by Gasteiger charge is 2.37. The van der Waals surface area contributed by atoms with Crippen LogP contribution in [-0.4, -0.2) is 50.6 Å². The predicted octanol–water partition coefficient (Wildman–Crippen LogP) is 2.85. The number of benzene rings is 2.